The normalized spacial score (nSPS) is 13.1. The summed E-state index contributed by atoms with van der Waals surface area (Å²) in [6.45, 7) is 13.9. The molecule has 9 heteroatoms. The fourth-order valence-corrected chi connectivity index (χ4v) is 6.10. The van der Waals surface area contributed by atoms with Gasteiger partial charge in [0.15, 0.2) is 0 Å². The minimum Gasteiger partial charge on any atom is -0.481 e. The monoisotopic (exact) mass is 580 g/mol. The molecule has 3 aromatic heterocycles. The van der Waals surface area contributed by atoms with Gasteiger partial charge in [0, 0.05) is 29.4 Å². The van der Waals surface area contributed by atoms with E-state index >= 15 is 0 Å². The second kappa shape index (κ2) is 11.4. The molecule has 4 N–H and O–H groups in total. The molecule has 2 aliphatic rings. The first-order chi connectivity index (χ1) is 20.4. The minimum absolute atomic E-state index is 0.0505. The number of aliphatic carboxylic acids is 2. The van der Waals surface area contributed by atoms with Crippen LogP contribution in [0.4, 0.5) is 0 Å². The van der Waals surface area contributed by atoms with E-state index in [1.54, 1.807) is 12.1 Å². The topological polar surface area (TPSA) is 141 Å². The molecule has 3 aromatic rings. The average molecular weight is 581 g/mol. The number of carbonyl (C=O) groups is 2. The van der Waals surface area contributed by atoms with Gasteiger partial charge >= 0.3 is 11.9 Å². The summed E-state index contributed by atoms with van der Waals surface area (Å²) in [5, 5.41) is 30.4. The number of carboxylic acids is 2. The van der Waals surface area contributed by atoms with Crippen molar-refractivity contribution in [3.8, 4) is 0 Å². The molecule has 0 amide bonds. The van der Waals surface area contributed by atoms with Gasteiger partial charge in [0.1, 0.15) is 0 Å². The van der Waals surface area contributed by atoms with Gasteiger partial charge in [-0.3, -0.25) is 9.59 Å². The van der Waals surface area contributed by atoms with Crippen molar-refractivity contribution in [1.82, 2.24) is 19.7 Å². The van der Waals surface area contributed by atoms with Crippen LogP contribution in [0.25, 0.3) is 50.4 Å². The molecular formula is C34H36N4O5. The molecule has 5 rings (SSSR count). The molecule has 0 atom stereocenters. The Morgan fingerprint density at radius 2 is 1.37 bits per heavy atom. The van der Waals surface area contributed by atoms with Crippen LogP contribution in [-0.2, 0) is 16.0 Å². The fourth-order valence-electron chi connectivity index (χ4n) is 6.10. The van der Waals surface area contributed by atoms with E-state index in [9.17, 15) is 25.0 Å². The molecule has 9 nitrogen and oxygen atoms in total. The van der Waals surface area contributed by atoms with Gasteiger partial charge in [-0.2, -0.15) is 4.73 Å². The highest BCUT2D eigenvalue weighted by Gasteiger charge is 2.23. The van der Waals surface area contributed by atoms with Gasteiger partial charge in [0.25, 0.3) is 0 Å². The third-order valence-corrected chi connectivity index (χ3v) is 8.59. The smallest absolute Gasteiger partial charge is 0.303 e. The number of aromatic amines is 1. The van der Waals surface area contributed by atoms with Crippen LogP contribution in [0.5, 0.6) is 0 Å². The predicted molar refractivity (Wildman–Crippen MR) is 169 cm³/mol. The molecule has 0 aliphatic carbocycles. The zero-order valence-electron chi connectivity index (χ0n) is 25.1. The summed E-state index contributed by atoms with van der Waals surface area (Å²) in [5.74, 6) is -1.82. The lowest BCUT2D eigenvalue weighted by Gasteiger charge is -2.05. The van der Waals surface area contributed by atoms with E-state index in [-0.39, 0.29) is 19.3 Å². The number of nitrogens with one attached hydrogen (secondary N) is 1. The van der Waals surface area contributed by atoms with Crippen molar-refractivity contribution >= 4 is 62.4 Å². The van der Waals surface area contributed by atoms with Crippen LogP contribution < -0.4 is 0 Å². The molecule has 8 bridgehead atoms. The maximum Gasteiger partial charge on any atom is 0.303 e. The molecule has 0 saturated carbocycles. The Balaban J connectivity index is 1.96. The van der Waals surface area contributed by atoms with Crippen LogP contribution in [-0.4, -0.2) is 47.0 Å². The fraction of sp³-hybridized carbons (Fsp3) is 0.294. The van der Waals surface area contributed by atoms with Crippen LogP contribution >= 0.6 is 0 Å². The molecule has 0 fully saturated rings. The van der Waals surface area contributed by atoms with E-state index in [1.807, 2.05) is 39.0 Å². The summed E-state index contributed by atoms with van der Waals surface area (Å²) in [7, 11) is 0. The third-order valence-electron chi connectivity index (χ3n) is 8.59. The number of hydrogen-bond donors (Lipinski definition) is 4. The highest BCUT2D eigenvalue weighted by Crippen LogP contribution is 2.38. The highest BCUT2D eigenvalue weighted by atomic mass is 16.5. The Kier molecular flexibility index (Phi) is 7.84. The van der Waals surface area contributed by atoms with Crippen LogP contribution in [0.2, 0.25) is 0 Å². The van der Waals surface area contributed by atoms with E-state index in [4.69, 9.17) is 9.97 Å². The number of carboxylic acid groups (broad SMARTS) is 2. The van der Waals surface area contributed by atoms with Gasteiger partial charge in [-0.25, -0.2) is 9.97 Å². The van der Waals surface area contributed by atoms with Crippen LogP contribution in [0.1, 0.15) is 91.5 Å². The van der Waals surface area contributed by atoms with Gasteiger partial charge in [0.05, 0.1) is 33.8 Å². The van der Waals surface area contributed by atoms with Gasteiger partial charge in [-0.05, 0) is 110 Å². The number of fused-ring (bicyclic) bond motifs is 8. The summed E-state index contributed by atoms with van der Waals surface area (Å²) in [6.07, 6.45) is 2.91. The largest absolute Gasteiger partial charge is 0.481 e. The molecule has 0 saturated heterocycles. The van der Waals surface area contributed by atoms with E-state index in [0.717, 1.165) is 72.4 Å². The Hall–Kier alpha value is -4.92. The van der Waals surface area contributed by atoms with Gasteiger partial charge in [-0.1, -0.05) is 19.6 Å². The van der Waals surface area contributed by atoms with Crippen molar-refractivity contribution in [2.75, 3.05) is 0 Å². The van der Waals surface area contributed by atoms with Crippen molar-refractivity contribution in [2.45, 2.75) is 66.7 Å². The zero-order chi connectivity index (χ0) is 31.2. The highest BCUT2D eigenvalue weighted by molar-refractivity contribution is 5.97. The molecule has 222 valence electrons. The Labute approximate surface area is 249 Å². The molecule has 0 unspecified atom stereocenters. The van der Waals surface area contributed by atoms with Crippen molar-refractivity contribution in [2.24, 2.45) is 0 Å². The van der Waals surface area contributed by atoms with Gasteiger partial charge < -0.3 is 20.4 Å². The number of nitrogens with zero attached hydrogens (tertiary/aromatic N) is 3. The number of aryl methyl sites for hydroxylation is 3. The van der Waals surface area contributed by atoms with Crippen LogP contribution in [0.3, 0.4) is 0 Å². The first kappa shape index (κ1) is 29.6. The SMILES string of the molecule is C=Cc1c(C)c2cc3[nH]c(cc4nc(cc5nc(cc1n2O)C(C)=C5CCC(=O)O)C(CCC(=O)O)=C4C)c(C)c3CC. The maximum atomic E-state index is 11.5. The standard InChI is InChI=1S/C34H36N4O5/c1-7-21-17(3)25-13-26-18(4)23(9-11-33(39)40)28(35-26)14-29-24(10-12-34(41)42)19(5)27(37-29)15-32-22(8-2)20(6)31(38(32)43)16-30(21)36-25/h8,13-16,36,43H,2,7,9-12H2,1,3-6H3,(H,39,40)(H,41,42). The maximum absolute atomic E-state index is 11.5. The molecular weight excluding hydrogens is 544 g/mol. The van der Waals surface area contributed by atoms with E-state index in [1.165, 1.54) is 0 Å². The van der Waals surface area contributed by atoms with Gasteiger partial charge in [0.2, 0.25) is 0 Å². The predicted octanol–water partition coefficient (Wildman–Crippen LogP) is 7.44. The molecule has 5 heterocycles. The number of allylic oxidation sites excluding steroid dienone is 4. The average Bonchev–Trinajstić information content (AvgIpc) is 3.59. The summed E-state index contributed by atoms with van der Waals surface area (Å²) in [5.41, 5.74) is 12.5. The van der Waals surface area contributed by atoms with Crippen molar-refractivity contribution in [3.05, 3.63) is 75.9 Å². The molecule has 0 radical (unpaired) electrons. The lowest BCUT2D eigenvalue weighted by Crippen LogP contribution is -1.97. The van der Waals surface area contributed by atoms with Crippen molar-refractivity contribution in [1.29, 1.82) is 0 Å². The molecule has 0 aromatic carbocycles. The van der Waals surface area contributed by atoms with Crippen molar-refractivity contribution < 1.29 is 25.0 Å². The summed E-state index contributed by atoms with van der Waals surface area (Å²) < 4.78 is 1.16. The Morgan fingerprint density at radius 3 is 1.88 bits per heavy atom. The van der Waals surface area contributed by atoms with Crippen molar-refractivity contribution in [3.63, 3.8) is 0 Å². The first-order valence-corrected chi connectivity index (χ1v) is 14.4. The first-order valence-electron chi connectivity index (χ1n) is 14.4. The zero-order valence-corrected chi connectivity index (χ0v) is 25.1. The quantitative estimate of drug-likeness (QED) is 0.203. The van der Waals surface area contributed by atoms with E-state index in [2.05, 4.69) is 25.4 Å². The number of H-pyrrole nitrogens is 1. The van der Waals surface area contributed by atoms with Crippen LogP contribution in [0.15, 0.2) is 30.8 Å². The number of aromatic nitrogens is 4. The summed E-state index contributed by atoms with van der Waals surface area (Å²) in [4.78, 5) is 36.5. The molecule has 2 aliphatic heterocycles. The van der Waals surface area contributed by atoms with E-state index < -0.39 is 11.9 Å². The van der Waals surface area contributed by atoms with Gasteiger partial charge in [-0.15, -0.1) is 0 Å². The molecule has 43 heavy (non-hydrogen) atoms. The minimum atomic E-state index is -0.919. The molecule has 0 spiro atoms. The van der Waals surface area contributed by atoms with Crippen LogP contribution in [0, 0.1) is 13.8 Å². The Morgan fingerprint density at radius 1 is 0.814 bits per heavy atom. The van der Waals surface area contributed by atoms with E-state index in [0.29, 0.717) is 34.5 Å². The lowest BCUT2D eigenvalue weighted by atomic mass is 9.98. The number of rotatable bonds is 8. The Bertz CT molecular complexity index is 1940. The third kappa shape index (κ3) is 5.27. The summed E-state index contributed by atoms with van der Waals surface area (Å²) >= 11 is 0. The second-order valence-electron chi connectivity index (χ2n) is 11.1. The summed E-state index contributed by atoms with van der Waals surface area (Å²) in [6, 6.07) is 7.54. The second-order valence-corrected chi connectivity index (χ2v) is 11.1. The lowest BCUT2D eigenvalue weighted by molar-refractivity contribution is -0.137. The number of hydrogen-bond acceptors (Lipinski definition) is 5.